The van der Waals surface area contributed by atoms with Crippen LogP contribution in [0.4, 0.5) is 0 Å². The molecule has 2 N–H and O–H groups in total. The summed E-state index contributed by atoms with van der Waals surface area (Å²) in [5, 5.41) is 0. The van der Waals surface area contributed by atoms with Crippen LogP contribution in [-0.4, -0.2) is 25.1 Å². The summed E-state index contributed by atoms with van der Waals surface area (Å²) in [4.78, 5) is 4.56. The molecule has 1 aliphatic carbocycles. The van der Waals surface area contributed by atoms with E-state index in [-0.39, 0.29) is 5.41 Å². The van der Waals surface area contributed by atoms with Gasteiger partial charge in [-0.05, 0) is 19.3 Å². The highest BCUT2D eigenvalue weighted by Gasteiger charge is 2.25. The van der Waals surface area contributed by atoms with Crippen LogP contribution in [0.25, 0.3) is 0 Å². The first kappa shape index (κ1) is 11.5. The van der Waals surface area contributed by atoms with Gasteiger partial charge in [0, 0.05) is 12.5 Å². The Morgan fingerprint density at radius 3 is 2.43 bits per heavy atom. The third-order valence-electron chi connectivity index (χ3n) is 2.78. The molecular weight excluding hydrogens is 176 g/mol. The van der Waals surface area contributed by atoms with E-state index in [4.69, 9.17) is 10.5 Å². The van der Waals surface area contributed by atoms with E-state index in [0.29, 0.717) is 12.1 Å². The van der Waals surface area contributed by atoms with E-state index in [1.807, 2.05) is 0 Å². The van der Waals surface area contributed by atoms with Gasteiger partial charge in [-0.3, -0.25) is 4.99 Å². The van der Waals surface area contributed by atoms with Crippen LogP contribution in [0.3, 0.4) is 0 Å². The molecular formula is C11H22N2O. The second-order valence-electron chi connectivity index (χ2n) is 5.09. The first-order valence-electron chi connectivity index (χ1n) is 5.30. The Bertz CT molecular complexity index is 218. The maximum absolute atomic E-state index is 5.93. The number of nitrogens with two attached hydrogens (primary N) is 1. The molecule has 0 aromatic heterocycles. The highest BCUT2D eigenvalue weighted by molar-refractivity contribution is 5.85. The quantitative estimate of drug-likeness (QED) is 0.544. The van der Waals surface area contributed by atoms with Crippen LogP contribution in [0.15, 0.2) is 4.99 Å². The molecule has 0 aromatic rings. The van der Waals surface area contributed by atoms with Crippen LogP contribution in [0, 0.1) is 5.41 Å². The summed E-state index contributed by atoms with van der Waals surface area (Å²) in [7, 11) is 1.77. The van der Waals surface area contributed by atoms with Crippen molar-refractivity contribution >= 4 is 5.84 Å². The van der Waals surface area contributed by atoms with Crippen molar-refractivity contribution in [2.24, 2.45) is 16.1 Å². The summed E-state index contributed by atoms with van der Waals surface area (Å²) in [5.74, 6) is 0.763. The molecule has 0 radical (unpaired) electrons. The van der Waals surface area contributed by atoms with Crippen LogP contribution in [0.5, 0.6) is 0 Å². The lowest BCUT2D eigenvalue weighted by atomic mass is 9.95. The fraction of sp³-hybridized carbons (Fsp3) is 0.909. The Kier molecular flexibility index (Phi) is 3.53. The third-order valence-corrected chi connectivity index (χ3v) is 2.78. The SMILES string of the molecule is COC1CCC(N=C(N)C(C)(C)C)C1. The molecule has 0 bridgehead atoms. The Morgan fingerprint density at radius 1 is 1.36 bits per heavy atom. The average molecular weight is 198 g/mol. The minimum Gasteiger partial charge on any atom is -0.387 e. The molecule has 3 heteroatoms. The predicted molar refractivity (Wildman–Crippen MR) is 59.5 cm³/mol. The first-order chi connectivity index (χ1) is 6.43. The molecule has 0 heterocycles. The van der Waals surface area contributed by atoms with Gasteiger partial charge in [0.25, 0.3) is 0 Å². The summed E-state index contributed by atoms with van der Waals surface area (Å²) in [5.41, 5.74) is 5.92. The molecule has 0 spiro atoms. The van der Waals surface area contributed by atoms with Crippen molar-refractivity contribution in [1.82, 2.24) is 0 Å². The van der Waals surface area contributed by atoms with Crippen molar-refractivity contribution in [2.75, 3.05) is 7.11 Å². The fourth-order valence-corrected chi connectivity index (χ4v) is 1.64. The van der Waals surface area contributed by atoms with Crippen molar-refractivity contribution in [3.63, 3.8) is 0 Å². The Morgan fingerprint density at radius 2 is 2.00 bits per heavy atom. The molecule has 0 amide bonds. The molecule has 0 saturated heterocycles. The standard InChI is InChI=1S/C11H22N2O/c1-11(2,3)10(12)13-8-5-6-9(7-8)14-4/h8-9H,5-7H2,1-4H3,(H2,12,13). The normalized spacial score (nSPS) is 29.6. The summed E-state index contributed by atoms with van der Waals surface area (Å²) in [6.45, 7) is 6.28. The van der Waals surface area contributed by atoms with Crippen molar-refractivity contribution in [1.29, 1.82) is 0 Å². The maximum Gasteiger partial charge on any atom is 0.0994 e. The average Bonchev–Trinajstić information content (AvgIpc) is 2.50. The van der Waals surface area contributed by atoms with Crippen LogP contribution in [-0.2, 0) is 4.74 Å². The zero-order valence-electron chi connectivity index (χ0n) is 9.71. The van der Waals surface area contributed by atoms with Gasteiger partial charge in [0.2, 0.25) is 0 Å². The molecule has 0 aliphatic heterocycles. The van der Waals surface area contributed by atoms with E-state index in [1.54, 1.807) is 7.11 Å². The summed E-state index contributed by atoms with van der Waals surface area (Å²) in [6, 6.07) is 0.374. The monoisotopic (exact) mass is 198 g/mol. The molecule has 82 valence electrons. The zero-order chi connectivity index (χ0) is 10.8. The lowest BCUT2D eigenvalue weighted by molar-refractivity contribution is 0.108. The zero-order valence-corrected chi connectivity index (χ0v) is 9.71. The smallest absolute Gasteiger partial charge is 0.0994 e. The second kappa shape index (κ2) is 4.30. The highest BCUT2D eigenvalue weighted by atomic mass is 16.5. The van der Waals surface area contributed by atoms with E-state index in [9.17, 15) is 0 Å². The van der Waals surface area contributed by atoms with Crippen LogP contribution in [0.2, 0.25) is 0 Å². The van der Waals surface area contributed by atoms with Crippen molar-refractivity contribution in [2.45, 2.75) is 52.2 Å². The van der Waals surface area contributed by atoms with E-state index < -0.39 is 0 Å². The van der Waals surface area contributed by atoms with Gasteiger partial charge in [-0.1, -0.05) is 20.8 Å². The van der Waals surface area contributed by atoms with Crippen molar-refractivity contribution in [3.05, 3.63) is 0 Å². The Hall–Kier alpha value is -0.570. The van der Waals surface area contributed by atoms with Gasteiger partial charge in [-0.25, -0.2) is 0 Å². The molecule has 0 aromatic carbocycles. The number of amidine groups is 1. The van der Waals surface area contributed by atoms with Crippen molar-refractivity contribution in [3.8, 4) is 0 Å². The molecule has 1 fully saturated rings. The lowest BCUT2D eigenvalue weighted by Gasteiger charge is -2.19. The number of hydrogen-bond acceptors (Lipinski definition) is 2. The van der Waals surface area contributed by atoms with Crippen LogP contribution >= 0.6 is 0 Å². The number of aliphatic imine (C=N–C) groups is 1. The van der Waals surface area contributed by atoms with Crippen LogP contribution in [0.1, 0.15) is 40.0 Å². The Balaban J connectivity index is 2.53. The summed E-state index contributed by atoms with van der Waals surface area (Å²) in [6.07, 6.45) is 3.63. The Labute approximate surface area is 86.7 Å². The summed E-state index contributed by atoms with van der Waals surface area (Å²) >= 11 is 0. The van der Waals surface area contributed by atoms with Gasteiger partial charge in [-0.15, -0.1) is 0 Å². The molecule has 3 nitrogen and oxygen atoms in total. The van der Waals surface area contributed by atoms with Gasteiger partial charge < -0.3 is 10.5 Å². The van der Waals surface area contributed by atoms with Gasteiger partial charge in [-0.2, -0.15) is 0 Å². The minimum atomic E-state index is -0.00877. The van der Waals surface area contributed by atoms with E-state index in [1.165, 1.54) is 0 Å². The minimum absolute atomic E-state index is 0.00877. The van der Waals surface area contributed by atoms with E-state index >= 15 is 0 Å². The molecule has 1 aliphatic rings. The van der Waals surface area contributed by atoms with Gasteiger partial charge in [0.05, 0.1) is 18.0 Å². The lowest BCUT2D eigenvalue weighted by Crippen LogP contribution is -2.30. The summed E-state index contributed by atoms with van der Waals surface area (Å²) < 4.78 is 5.30. The van der Waals surface area contributed by atoms with E-state index in [2.05, 4.69) is 25.8 Å². The van der Waals surface area contributed by atoms with Gasteiger partial charge in [0.15, 0.2) is 0 Å². The largest absolute Gasteiger partial charge is 0.387 e. The second-order valence-corrected chi connectivity index (χ2v) is 5.09. The predicted octanol–water partition coefficient (Wildman–Crippen LogP) is 1.96. The highest BCUT2D eigenvalue weighted by Crippen LogP contribution is 2.25. The number of ether oxygens (including phenoxy) is 1. The number of hydrogen-bond donors (Lipinski definition) is 1. The fourth-order valence-electron chi connectivity index (χ4n) is 1.64. The number of nitrogens with zero attached hydrogens (tertiary/aromatic N) is 1. The van der Waals surface area contributed by atoms with Crippen molar-refractivity contribution < 1.29 is 4.74 Å². The molecule has 14 heavy (non-hydrogen) atoms. The third kappa shape index (κ3) is 2.98. The topological polar surface area (TPSA) is 47.6 Å². The van der Waals surface area contributed by atoms with Gasteiger partial charge in [0.1, 0.15) is 0 Å². The number of rotatable bonds is 2. The molecule has 1 rings (SSSR count). The van der Waals surface area contributed by atoms with Crippen LogP contribution < -0.4 is 5.73 Å². The molecule has 2 atom stereocenters. The first-order valence-corrected chi connectivity index (χ1v) is 5.30. The van der Waals surface area contributed by atoms with Gasteiger partial charge >= 0.3 is 0 Å². The molecule has 2 unspecified atom stereocenters. The maximum atomic E-state index is 5.93. The molecule has 1 saturated carbocycles. The van der Waals surface area contributed by atoms with E-state index in [0.717, 1.165) is 25.1 Å². The number of methoxy groups -OCH3 is 1.